The van der Waals surface area contributed by atoms with Crippen molar-refractivity contribution in [2.24, 2.45) is 0 Å². The molecule has 1 N–H and O–H groups in total. The van der Waals surface area contributed by atoms with Crippen molar-refractivity contribution < 1.29 is 27.8 Å². The Bertz CT molecular complexity index is 1090. The summed E-state index contributed by atoms with van der Waals surface area (Å²) in [6.45, 7) is -1.30. The van der Waals surface area contributed by atoms with E-state index in [4.69, 9.17) is 4.74 Å². The van der Waals surface area contributed by atoms with Gasteiger partial charge < -0.3 is 14.8 Å². The number of alkyl halides is 2. The molecule has 3 rings (SSSR count). The molecule has 0 bridgehead atoms. The summed E-state index contributed by atoms with van der Waals surface area (Å²) in [6.07, 6.45) is 4.56. The Morgan fingerprint density at radius 3 is 2.60 bits per heavy atom. The molecule has 0 spiro atoms. The van der Waals surface area contributed by atoms with Crippen LogP contribution in [0.3, 0.4) is 0 Å². The van der Waals surface area contributed by atoms with Crippen LogP contribution in [0.15, 0.2) is 29.1 Å². The lowest BCUT2D eigenvalue weighted by molar-refractivity contribution is -0.135. The van der Waals surface area contributed by atoms with Crippen molar-refractivity contribution in [3.63, 3.8) is 0 Å². The predicted molar refractivity (Wildman–Crippen MR) is 107 cm³/mol. The second kappa shape index (κ2) is 9.66. The van der Waals surface area contributed by atoms with E-state index in [0.717, 1.165) is 24.2 Å². The monoisotopic (exact) mass is 438 g/mol. The Kier molecular flexibility index (Phi) is 6.99. The molecular weight excluding hydrogens is 418 g/mol. The summed E-state index contributed by atoms with van der Waals surface area (Å²) in [7, 11) is 0. The number of carbonyl (C=O) groups excluding carboxylic acids is 2. The Labute approximate surface area is 174 Å². The molecule has 1 amide bonds. The smallest absolute Gasteiger partial charge is 0.387 e. The minimum absolute atomic E-state index is 0.00109. The van der Waals surface area contributed by atoms with Crippen LogP contribution in [0.2, 0.25) is 0 Å². The van der Waals surface area contributed by atoms with Crippen LogP contribution in [0.4, 0.5) is 8.78 Å². The Morgan fingerprint density at radius 2 is 2.00 bits per heavy atom. The molecule has 10 heteroatoms. The van der Waals surface area contributed by atoms with Gasteiger partial charge in [-0.15, -0.1) is 11.3 Å². The highest BCUT2D eigenvalue weighted by Gasteiger charge is 2.23. The number of thiazole rings is 1. The van der Waals surface area contributed by atoms with Gasteiger partial charge in [0.2, 0.25) is 5.91 Å². The van der Waals surface area contributed by atoms with Crippen LogP contribution in [0.25, 0.3) is 12.2 Å². The Morgan fingerprint density at radius 1 is 1.30 bits per heavy atom. The van der Waals surface area contributed by atoms with Crippen molar-refractivity contribution in [2.75, 3.05) is 6.61 Å². The summed E-state index contributed by atoms with van der Waals surface area (Å²) in [5, 5.41) is 2.81. The maximum atomic E-state index is 12.8. The molecule has 1 saturated carbocycles. The van der Waals surface area contributed by atoms with Crippen molar-refractivity contribution in [3.8, 4) is 5.75 Å². The normalized spacial score (nSPS) is 14.8. The van der Waals surface area contributed by atoms with Gasteiger partial charge in [-0.2, -0.15) is 8.78 Å². The van der Waals surface area contributed by atoms with Gasteiger partial charge in [0.15, 0.2) is 0 Å². The van der Waals surface area contributed by atoms with Gasteiger partial charge in [-0.25, -0.2) is 4.79 Å². The molecule has 1 heterocycles. The molecule has 1 aliphatic carbocycles. The standard InChI is InChI=1S/C20H20F2N2O5S/c1-2-28-18(26)10-17-24(11-16(25)23-13-5-6-13)19(27)15(30-17)9-12-3-7-14(8-4-12)29-20(21)22/h3-4,7-10,13,20H,2,5-6,11H2,1H3,(H,23,25)/b15-9-,17-10-. The van der Waals surface area contributed by atoms with E-state index in [9.17, 15) is 23.2 Å². The Hall–Kier alpha value is -3.01. The molecule has 1 aromatic carbocycles. The van der Waals surface area contributed by atoms with Crippen LogP contribution < -0.4 is 24.8 Å². The van der Waals surface area contributed by atoms with E-state index in [2.05, 4.69) is 10.1 Å². The number of hydrogen-bond acceptors (Lipinski definition) is 6. The van der Waals surface area contributed by atoms with Gasteiger partial charge in [-0.1, -0.05) is 12.1 Å². The summed E-state index contributed by atoms with van der Waals surface area (Å²) in [4.78, 5) is 36.9. The third kappa shape index (κ3) is 5.99. The average Bonchev–Trinajstić information content (AvgIpc) is 3.45. The summed E-state index contributed by atoms with van der Waals surface area (Å²) in [6, 6.07) is 5.91. The quantitative estimate of drug-likeness (QED) is 0.621. The molecule has 1 fully saturated rings. The van der Waals surface area contributed by atoms with E-state index in [0.29, 0.717) is 5.56 Å². The summed E-state index contributed by atoms with van der Waals surface area (Å²) >= 11 is 1.03. The topological polar surface area (TPSA) is 86.6 Å². The summed E-state index contributed by atoms with van der Waals surface area (Å²) in [5.41, 5.74) is 0.140. The molecule has 2 aromatic rings. The van der Waals surface area contributed by atoms with E-state index in [-0.39, 0.29) is 40.0 Å². The number of benzene rings is 1. The highest BCUT2D eigenvalue weighted by Crippen LogP contribution is 2.18. The Balaban J connectivity index is 1.95. The number of amides is 1. The number of hydrogen-bond donors (Lipinski definition) is 1. The lowest BCUT2D eigenvalue weighted by Gasteiger charge is -2.04. The first-order valence-corrected chi connectivity index (χ1v) is 10.1. The first-order chi connectivity index (χ1) is 14.4. The van der Waals surface area contributed by atoms with E-state index in [1.165, 1.54) is 34.9 Å². The number of rotatable bonds is 8. The van der Waals surface area contributed by atoms with Crippen molar-refractivity contribution >= 4 is 35.4 Å². The molecule has 0 unspecified atom stereocenters. The fraction of sp³-hybridized carbons (Fsp3) is 0.350. The van der Waals surface area contributed by atoms with E-state index in [1.807, 2.05) is 0 Å². The molecule has 0 aliphatic heterocycles. The molecule has 7 nitrogen and oxygen atoms in total. The van der Waals surface area contributed by atoms with Gasteiger partial charge in [-0.3, -0.25) is 14.2 Å². The summed E-state index contributed by atoms with van der Waals surface area (Å²) in [5.74, 6) is -0.926. The van der Waals surface area contributed by atoms with Crippen LogP contribution >= 0.6 is 11.3 Å². The van der Waals surface area contributed by atoms with Crippen LogP contribution in [0, 0.1) is 0 Å². The minimum Gasteiger partial charge on any atom is -0.463 e. The van der Waals surface area contributed by atoms with Gasteiger partial charge in [0.1, 0.15) is 17.0 Å². The number of nitrogens with zero attached hydrogens (tertiary/aromatic N) is 1. The van der Waals surface area contributed by atoms with Gasteiger partial charge in [0.05, 0.1) is 17.2 Å². The van der Waals surface area contributed by atoms with Crippen molar-refractivity contribution in [1.29, 1.82) is 0 Å². The lowest BCUT2D eigenvalue weighted by atomic mass is 10.2. The van der Waals surface area contributed by atoms with Crippen LogP contribution in [-0.4, -0.2) is 35.7 Å². The number of ether oxygens (including phenoxy) is 2. The van der Waals surface area contributed by atoms with E-state index < -0.39 is 18.1 Å². The van der Waals surface area contributed by atoms with Gasteiger partial charge in [-0.05, 0) is 43.5 Å². The fourth-order valence-corrected chi connectivity index (χ4v) is 3.65. The second-order valence-corrected chi connectivity index (χ2v) is 7.59. The third-order valence-electron chi connectivity index (χ3n) is 4.11. The number of halogens is 2. The predicted octanol–water partition coefficient (Wildman–Crippen LogP) is 0.962. The zero-order valence-corrected chi connectivity index (χ0v) is 16.9. The maximum absolute atomic E-state index is 12.8. The van der Waals surface area contributed by atoms with Crippen LogP contribution in [-0.2, 0) is 20.9 Å². The number of nitrogens with one attached hydrogen (secondary N) is 1. The van der Waals surface area contributed by atoms with E-state index in [1.54, 1.807) is 13.0 Å². The van der Waals surface area contributed by atoms with Crippen molar-refractivity contribution in [2.45, 2.75) is 39.0 Å². The van der Waals surface area contributed by atoms with Crippen molar-refractivity contribution in [3.05, 3.63) is 49.4 Å². The molecule has 30 heavy (non-hydrogen) atoms. The first kappa shape index (κ1) is 21.7. The largest absolute Gasteiger partial charge is 0.463 e. The third-order valence-corrected chi connectivity index (χ3v) is 5.17. The highest BCUT2D eigenvalue weighted by molar-refractivity contribution is 7.07. The average molecular weight is 438 g/mol. The molecule has 1 aliphatic rings. The molecule has 0 saturated heterocycles. The van der Waals surface area contributed by atoms with Crippen molar-refractivity contribution in [1.82, 2.24) is 9.88 Å². The van der Waals surface area contributed by atoms with Gasteiger partial charge in [0, 0.05) is 6.04 Å². The maximum Gasteiger partial charge on any atom is 0.387 e. The first-order valence-electron chi connectivity index (χ1n) is 9.30. The molecule has 0 radical (unpaired) electrons. The molecular formula is C20H20F2N2O5S. The number of esters is 1. The molecule has 0 atom stereocenters. The van der Waals surface area contributed by atoms with E-state index >= 15 is 0 Å². The number of carbonyl (C=O) groups is 2. The van der Waals surface area contributed by atoms with Crippen LogP contribution in [0.5, 0.6) is 5.75 Å². The minimum atomic E-state index is -2.92. The zero-order valence-electron chi connectivity index (χ0n) is 16.1. The zero-order chi connectivity index (χ0) is 21.7. The molecule has 160 valence electrons. The van der Waals surface area contributed by atoms with Crippen LogP contribution in [0.1, 0.15) is 25.3 Å². The summed E-state index contributed by atoms with van der Waals surface area (Å²) < 4.78 is 35.5. The van der Waals surface area contributed by atoms with Gasteiger partial charge in [0.25, 0.3) is 5.56 Å². The molecule has 1 aromatic heterocycles. The second-order valence-electron chi connectivity index (χ2n) is 6.53. The lowest BCUT2D eigenvalue weighted by Crippen LogP contribution is -2.39. The SMILES string of the molecule is CCOC(=O)/C=c1\s/c(=C\c2ccc(OC(F)F)cc2)c(=O)n1CC(=O)NC1CC1. The highest BCUT2D eigenvalue weighted by atomic mass is 32.1. The van der Waals surface area contributed by atoms with Gasteiger partial charge >= 0.3 is 12.6 Å². The number of aromatic nitrogens is 1. The fourth-order valence-electron chi connectivity index (χ4n) is 2.62.